The van der Waals surface area contributed by atoms with E-state index in [1.54, 1.807) is 29.6 Å². The summed E-state index contributed by atoms with van der Waals surface area (Å²) in [6.07, 6.45) is 1.77. The Labute approximate surface area is 163 Å². The molecular formula is C17H24N6O4S. The lowest BCUT2D eigenvalue weighted by atomic mass is 9.81. The highest BCUT2D eigenvalue weighted by atomic mass is 32.2. The molecule has 0 bridgehead atoms. The molecule has 4 heterocycles. The number of rotatable bonds is 5. The third-order valence-electron chi connectivity index (χ3n) is 5.71. The van der Waals surface area contributed by atoms with E-state index in [1.165, 1.54) is 4.31 Å². The van der Waals surface area contributed by atoms with Crippen LogP contribution in [0.1, 0.15) is 24.3 Å². The summed E-state index contributed by atoms with van der Waals surface area (Å²) in [4.78, 5) is 19.0. The zero-order valence-corrected chi connectivity index (χ0v) is 17.0. The lowest BCUT2D eigenvalue weighted by Crippen LogP contribution is -2.42. The molecule has 2 saturated heterocycles. The summed E-state index contributed by atoms with van der Waals surface area (Å²) in [5.41, 5.74) is 0.184. The molecule has 4 rings (SSSR count). The fraction of sp³-hybridized carbons (Fsp3) is 0.647. The Kier molecular flexibility index (Phi) is 4.53. The number of likely N-dealkylation sites (tertiary alicyclic amines) is 1. The predicted octanol–water partition coefficient (Wildman–Crippen LogP) is -0.0554. The Morgan fingerprint density at radius 3 is 2.71 bits per heavy atom. The fourth-order valence-corrected chi connectivity index (χ4v) is 5.39. The van der Waals surface area contributed by atoms with E-state index in [4.69, 9.17) is 4.52 Å². The van der Waals surface area contributed by atoms with E-state index < -0.39 is 15.4 Å². The highest BCUT2D eigenvalue weighted by Crippen LogP contribution is 2.45. The molecule has 0 radical (unpaired) electrons. The van der Waals surface area contributed by atoms with Crippen LogP contribution in [0.15, 0.2) is 16.8 Å². The molecule has 2 aliphatic rings. The molecule has 2 aliphatic heterocycles. The number of amides is 1. The maximum absolute atomic E-state index is 12.8. The van der Waals surface area contributed by atoms with Crippen LogP contribution in [0.4, 0.5) is 0 Å². The number of fused-ring (bicyclic) bond motifs is 1. The van der Waals surface area contributed by atoms with Gasteiger partial charge in [0.25, 0.3) is 0 Å². The van der Waals surface area contributed by atoms with Crippen molar-refractivity contribution in [1.82, 2.24) is 29.1 Å². The molecule has 2 fully saturated rings. The third kappa shape index (κ3) is 3.12. The molecule has 28 heavy (non-hydrogen) atoms. The monoisotopic (exact) mass is 408 g/mol. The number of sulfonamides is 1. The predicted molar refractivity (Wildman–Crippen MR) is 98.8 cm³/mol. The summed E-state index contributed by atoms with van der Waals surface area (Å²) >= 11 is 0. The summed E-state index contributed by atoms with van der Waals surface area (Å²) in [6.45, 7) is 6.79. The zero-order chi connectivity index (χ0) is 20.1. The van der Waals surface area contributed by atoms with Gasteiger partial charge in [0.1, 0.15) is 6.54 Å². The molecule has 0 aliphatic carbocycles. The first kappa shape index (κ1) is 19.1. The molecule has 0 aromatic carbocycles. The molecule has 0 saturated carbocycles. The van der Waals surface area contributed by atoms with Gasteiger partial charge in [0.05, 0.1) is 16.9 Å². The van der Waals surface area contributed by atoms with E-state index in [2.05, 4.69) is 15.2 Å². The van der Waals surface area contributed by atoms with Crippen molar-refractivity contribution in [3.05, 3.63) is 29.7 Å². The summed E-state index contributed by atoms with van der Waals surface area (Å²) in [5.74, 6) is 0.806. The van der Waals surface area contributed by atoms with E-state index in [-0.39, 0.29) is 30.7 Å². The molecule has 2 aromatic rings. The van der Waals surface area contributed by atoms with Gasteiger partial charge in [-0.15, -0.1) is 0 Å². The second kappa shape index (κ2) is 6.66. The van der Waals surface area contributed by atoms with Crippen molar-refractivity contribution < 1.29 is 17.7 Å². The number of carbonyl (C=O) groups excluding carboxylic acids is 1. The SMILES string of the molecule is CCS(=O)(=O)N1C[C@@H]2CN(C(=O)Cn3ccc(C)n3)C[C@]2(c2nc(C)no2)C1. The van der Waals surface area contributed by atoms with Gasteiger partial charge in [-0.2, -0.15) is 10.1 Å². The summed E-state index contributed by atoms with van der Waals surface area (Å²) in [7, 11) is -3.34. The van der Waals surface area contributed by atoms with E-state index in [0.29, 0.717) is 31.3 Å². The number of hydrogen-bond acceptors (Lipinski definition) is 7. The maximum Gasteiger partial charge on any atom is 0.244 e. The number of nitrogens with zero attached hydrogens (tertiary/aromatic N) is 6. The first-order valence-corrected chi connectivity index (χ1v) is 10.9. The van der Waals surface area contributed by atoms with E-state index in [9.17, 15) is 13.2 Å². The highest BCUT2D eigenvalue weighted by Gasteiger charge is 2.59. The number of carbonyl (C=O) groups is 1. The molecular weight excluding hydrogens is 384 g/mol. The number of aryl methyl sites for hydroxylation is 2. The van der Waals surface area contributed by atoms with Crippen LogP contribution in [0.3, 0.4) is 0 Å². The van der Waals surface area contributed by atoms with Crippen molar-refractivity contribution in [3.63, 3.8) is 0 Å². The minimum Gasteiger partial charge on any atom is -0.340 e. The first-order chi connectivity index (χ1) is 13.2. The molecule has 152 valence electrons. The first-order valence-electron chi connectivity index (χ1n) is 9.30. The minimum atomic E-state index is -3.34. The van der Waals surface area contributed by atoms with Crippen LogP contribution in [0.25, 0.3) is 0 Å². The second-order valence-electron chi connectivity index (χ2n) is 7.62. The van der Waals surface area contributed by atoms with Crippen LogP contribution in [0.5, 0.6) is 0 Å². The Hall–Kier alpha value is -2.27. The molecule has 2 aromatic heterocycles. The quantitative estimate of drug-likeness (QED) is 0.681. The molecule has 0 N–H and O–H groups in total. The van der Waals surface area contributed by atoms with Crippen LogP contribution in [-0.2, 0) is 26.8 Å². The van der Waals surface area contributed by atoms with Gasteiger partial charge in [-0.25, -0.2) is 12.7 Å². The van der Waals surface area contributed by atoms with E-state index >= 15 is 0 Å². The van der Waals surface area contributed by atoms with Crippen LogP contribution in [0.2, 0.25) is 0 Å². The van der Waals surface area contributed by atoms with Crippen molar-refractivity contribution in [2.45, 2.75) is 32.7 Å². The van der Waals surface area contributed by atoms with E-state index in [0.717, 1.165) is 5.69 Å². The van der Waals surface area contributed by atoms with E-state index in [1.807, 2.05) is 13.0 Å². The van der Waals surface area contributed by atoms with Crippen molar-refractivity contribution in [2.24, 2.45) is 5.92 Å². The van der Waals surface area contributed by atoms with Gasteiger partial charge in [0, 0.05) is 38.3 Å². The average Bonchev–Trinajstić information content (AvgIpc) is 3.37. The van der Waals surface area contributed by atoms with Gasteiger partial charge in [0.15, 0.2) is 5.82 Å². The Bertz CT molecular complexity index is 999. The van der Waals surface area contributed by atoms with Gasteiger partial charge in [-0.05, 0) is 26.8 Å². The second-order valence-corrected chi connectivity index (χ2v) is 9.88. The zero-order valence-electron chi connectivity index (χ0n) is 16.2. The highest BCUT2D eigenvalue weighted by molar-refractivity contribution is 7.89. The Morgan fingerprint density at radius 2 is 2.11 bits per heavy atom. The maximum atomic E-state index is 12.8. The van der Waals surface area contributed by atoms with Gasteiger partial charge in [0.2, 0.25) is 21.8 Å². The summed E-state index contributed by atoms with van der Waals surface area (Å²) in [5, 5.41) is 8.16. The standard InChI is InChI=1S/C17H24N6O4S/c1-4-28(25,26)23-8-14-7-21(15(24)9-22-6-5-12(2)19-22)10-17(14,11-23)16-18-13(3)20-27-16/h5-6,14H,4,7-11H2,1-3H3/t14-,17-/m0/s1. The molecule has 0 spiro atoms. The molecule has 1 amide bonds. The summed E-state index contributed by atoms with van der Waals surface area (Å²) in [6, 6.07) is 1.85. The van der Waals surface area contributed by atoms with Gasteiger partial charge in [-0.3, -0.25) is 9.48 Å². The van der Waals surface area contributed by atoms with Crippen LogP contribution < -0.4 is 0 Å². The van der Waals surface area contributed by atoms with Crippen molar-refractivity contribution in [1.29, 1.82) is 0 Å². The minimum absolute atomic E-state index is 0.0416. The molecule has 2 atom stereocenters. The van der Waals surface area contributed by atoms with Crippen molar-refractivity contribution in [3.8, 4) is 0 Å². The summed E-state index contributed by atoms with van der Waals surface area (Å²) < 4.78 is 33.4. The Balaban J connectivity index is 1.60. The van der Waals surface area contributed by atoms with Gasteiger partial charge in [-0.1, -0.05) is 5.16 Å². The van der Waals surface area contributed by atoms with Gasteiger partial charge >= 0.3 is 0 Å². The van der Waals surface area contributed by atoms with Gasteiger partial charge < -0.3 is 9.42 Å². The molecule has 10 nitrogen and oxygen atoms in total. The smallest absolute Gasteiger partial charge is 0.244 e. The number of aromatic nitrogens is 4. The van der Waals surface area contributed by atoms with Crippen molar-refractivity contribution in [2.75, 3.05) is 31.9 Å². The number of hydrogen-bond donors (Lipinski definition) is 0. The lowest BCUT2D eigenvalue weighted by molar-refractivity contribution is -0.131. The van der Waals surface area contributed by atoms with Crippen LogP contribution >= 0.6 is 0 Å². The topological polar surface area (TPSA) is 114 Å². The third-order valence-corrected chi connectivity index (χ3v) is 7.51. The Morgan fingerprint density at radius 1 is 1.32 bits per heavy atom. The molecule has 11 heteroatoms. The molecule has 0 unspecified atom stereocenters. The largest absolute Gasteiger partial charge is 0.340 e. The van der Waals surface area contributed by atoms with Crippen molar-refractivity contribution >= 4 is 15.9 Å². The lowest BCUT2D eigenvalue weighted by Gasteiger charge is -2.25. The average molecular weight is 408 g/mol. The fourth-order valence-electron chi connectivity index (χ4n) is 4.20. The van der Waals surface area contributed by atoms with Crippen LogP contribution in [0, 0.1) is 19.8 Å². The normalized spacial score (nSPS) is 25.4. The van der Waals surface area contributed by atoms with Crippen LogP contribution in [-0.4, -0.2) is 75.4 Å².